The molecule has 3 nitrogen and oxygen atoms in total. The molecule has 0 fully saturated rings. The Morgan fingerprint density at radius 1 is 0.792 bits per heavy atom. The first-order valence-corrected chi connectivity index (χ1v) is 10.3. The number of aliphatic hydroxyl groups is 1. The Labute approximate surface area is 150 Å². The summed E-state index contributed by atoms with van der Waals surface area (Å²) >= 11 is 0. The molecule has 0 aromatic rings. The molecule has 0 amide bonds. The number of rotatable bonds is 18. The highest BCUT2D eigenvalue weighted by atomic mass is 16.5. The molecule has 1 N–H and O–H groups in total. The van der Waals surface area contributed by atoms with Gasteiger partial charge in [0.1, 0.15) is 6.61 Å². The fourth-order valence-corrected chi connectivity index (χ4v) is 2.90. The lowest BCUT2D eigenvalue weighted by molar-refractivity contribution is -0.146. The SMILES string of the molecule is [CH2][C@H](O)COC(=O)CCCCCCCCCCCCCCCCC. The molecular formula is C21H41O3. The van der Waals surface area contributed by atoms with Crippen molar-refractivity contribution in [3.05, 3.63) is 6.92 Å². The van der Waals surface area contributed by atoms with Crippen LogP contribution in [0.2, 0.25) is 0 Å². The lowest BCUT2D eigenvalue weighted by Gasteiger charge is -2.06. The van der Waals surface area contributed by atoms with E-state index in [2.05, 4.69) is 13.8 Å². The monoisotopic (exact) mass is 341 g/mol. The Bertz CT molecular complexity index is 264. The Balaban J connectivity index is 3.08. The van der Waals surface area contributed by atoms with E-state index in [9.17, 15) is 4.79 Å². The van der Waals surface area contributed by atoms with E-state index in [1.165, 1.54) is 83.5 Å². The summed E-state index contributed by atoms with van der Waals surface area (Å²) in [4.78, 5) is 11.3. The van der Waals surface area contributed by atoms with E-state index in [4.69, 9.17) is 9.84 Å². The van der Waals surface area contributed by atoms with Crippen LogP contribution in [-0.4, -0.2) is 23.8 Å². The summed E-state index contributed by atoms with van der Waals surface area (Å²) in [6.45, 7) is 5.65. The molecule has 1 atom stereocenters. The number of carbonyl (C=O) groups is 1. The number of hydrogen-bond acceptors (Lipinski definition) is 3. The first kappa shape index (κ1) is 23.4. The van der Waals surface area contributed by atoms with Crippen LogP contribution in [0.1, 0.15) is 110 Å². The van der Waals surface area contributed by atoms with Crippen LogP contribution in [0.15, 0.2) is 0 Å². The van der Waals surface area contributed by atoms with Gasteiger partial charge in [0, 0.05) is 6.42 Å². The molecule has 0 unspecified atom stereocenters. The van der Waals surface area contributed by atoms with E-state index in [0.29, 0.717) is 6.42 Å². The van der Waals surface area contributed by atoms with Crippen molar-refractivity contribution in [1.82, 2.24) is 0 Å². The van der Waals surface area contributed by atoms with Gasteiger partial charge in [-0.15, -0.1) is 0 Å². The smallest absolute Gasteiger partial charge is 0.305 e. The molecule has 0 saturated heterocycles. The van der Waals surface area contributed by atoms with Crippen LogP contribution in [0.3, 0.4) is 0 Å². The van der Waals surface area contributed by atoms with Crippen LogP contribution in [0.4, 0.5) is 0 Å². The Kier molecular flexibility index (Phi) is 18.3. The number of carbonyl (C=O) groups excluding carboxylic acids is 1. The van der Waals surface area contributed by atoms with E-state index in [-0.39, 0.29) is 12.6 Å². The second-order valence-electron chi connectivity index (χ2n) is 7.04. The van der Waals surface area contributed by atoms with Crippen molar-refractivity contribution in [3.63, 3.8) is 0 Å². The van der Waals surface area contributed by atoms with Crippen LogP contribution < -0.4 is 0 Å². The van der Waals surface area contributed by atoms with Crippen molar-refractivity contribution in [1.29, 1.82) is 0 Å². The summed E-state index contributed by atoms with van der Waals surface area (Å²) in [5, 5.41) is 8.92. The Morgan fingerprint density at radius 3 is 1.54 bits per heavy atom. The number of ether oxygens (including phenoxy) is 1. The van der Waals surface area contributed by atoms with Crippen LogP contribution in [0.25, 0.3) is 0 Å². The molecule has 0 bridgehead atoms. The molecule has 0 aromatic carbocycles. The minimum atomic E-state index is -0.810. The van der Waals surface area contributed by atoms with Crippen molar-refractivity contribution in [2.24, 2.45) is 0 Å². The largest absolute Gasteiger partial charge is 0.463 e. The number of aliphatic hydroxyl groups excluding tert-OH is 1. The lowest BCUT2D eigenvalue weighted by atomic mass is 10.0. The molecule has 0 rings (SSSR count). The Morgan fingerprint density at radius 2 is 1.17 bits per heavy atom. The highest BCUT2D eigenvalue weighted by molar-refractivity contribution is 5.69. The topological polar surface area (TPSA) is 46.5 Å². The fraction of sp³-hybridized carbons (Fsp3) is 0.905. The Hall–Kier alpha value is -0.570. The predicted octanol–water partition coefficient (Wildman–Crippen LogP) is 5.99. The molecule has 0 aromatic heterocycles. The number of hydrogen-bond donors (Lipinski definition) is 1. The molecule has 3 heteroatoms. The molecule has 0 spiro atoms. The molecule has 0 aliphatic heterocycles. The summed E-state index contributed by atoms with van der Waals surface area (Å²) in [5.41, 5.74) is 0. The molecule has 1 radical (unpaired) electrons. The summed E-state index contributed by atoms with van der Waals surface area (Å²) in [6.07, 6.45) is 19.5. The summed E-state index contributed by atoms with van der Waals surface area (Å²) in [5.74, 6) is -0.215. The second-order valence-corrected chi connectivity index (χ2v) is 7.04. The normalized spacial score (nSPS) is 12.3. The standard InChI is InChI=1S/C21H41O3/c1-3-4-5-6-7-8-9-10-11-12-13-14-15-16-17-18-21(23)24-19-20(2)22/h20,22H,2-19H2,1H3/t20-/m0/s1. The van der Waals surface area contributed by atoms with Gasteiger partial charge < -0.3 is 9.84 Å². The third kappa shape index (κ3) is 19.5. The number of esters is 1. The fourth-order valence-electron chi connectivity index (χ4n) is 2.90. The van der Waals surface area contributed by atoms with E-state index >= 15 is 0 Å². The van der Waals surface area contributed by atoms with Gasteiger partial charge in [-0.2, -0.15) is 0 Å². The van der Waals surface area contributed by atoms with Gasteiger partial charge in [-0.25, -0.2) is 0 Å². The highest BCUT2D eigenvalue weighted by Gasteiger charge is 2.04. The predicted molar refractivity (Wildman–Crippen MR) is 102 cm³/mol. The molecule has 0 saturated carbocycles. The zero-order valence-corrected chi connectivity index (χ0v) is 16.1. The van der Waals surface area contributed by atoms with Crippen molar-refractivity contribution in [2.45, 2.75) is 116 Å². The summed E-state index contributed by atoms with van der Waals surface area (Å²) < 4.78 is 4.87. The van der Waals surface area contributed by atoms with Crippen molar-refractivity contribution in [3.8, 4) is 0 Å². The first-order valence-electron chi connectivity index (χ1n) is 10.3. The second kappa shape index (κ2) is 18.8. The van der Waals surface area contributed by atoms with Gasteiger partial charge in [0.25, 0.3) is 0 Å². The van der Waals surface area contributed by atoms with Crippen LogP contribution in [-0.2, 0) is 9.53 Å². The molecule has 143 valence electrons. The van der Waals surface area contributed by atoms with Crippen molar-refractivity contribution >= 4 is 5.97 Å². The molecular weight excluding hydrogens is 300 g/mol. The van der Waals surface area contributed by atoms with E-state index in [1.54, 1.807) is 0 Å². The maximum atomic E-state index is 11.3. The van der Waals surface area contributed by atoms with E-state index in [0.717, 1.165) is 12.8 Å². The first-order chi connectivity index (χ1) is 11.7. The summed E-state index contributed by atoms with van der Waals surface area (Å²) in [6, 6.07) is 0. The quantitative estimate of drug-likeness (QED) is 0.246. The van der Waals surface area contributed by atoms with Gasteiger partial charge >= 0.3 is 5.97 Å². The number of unbranched alkanes of at least 4 members (excludes halogenated alkanes) is 14. The minimum absolute atomic E-state index is 0.0115. The van der Waals surface area contributed by atoms with E-state index in [1.807, 2.05) is 0 Å². The molecule has 0 aliphatic rings. The lowest BCUT2D eigenvalue weighted by Crippen LogP contribution is -2.15. The van der Waals surface area contributed by atoms with Crippen LogP contribution in [0.5, 0.6) is 0 Å². The van der Waals surface area contributed by atoms with Gasteiger partial charge in [-0.3, -0.25) is 4.79 Å². The van der Waals surface area contributed by atoms with Crippen LogP contribution in [0, 0.1) is 6.92 Å². The zero-order chi connectivity index (χ0) is 17.9. The zero-order valence-electron chi connectivity index (χ0n) is 16.1. The van der Waals surface area contributed by atoms with Gasteiger partial charge in [-0.1, -0.05) is 96.8 Å². The molecule has 0 heterocycles. The van der Waals surface area contributed by atoms with Gasteiger partial charge in [-0.05, 0) is 13.3 Å². The maximum Gasteiger partial charge on any atom is 0.305 e. The van der Waals surface area contributed by atoms with Crippen molar-refractivity contribution < 1.29 is 14.6 Å². The van der Waals surface area contributed by atoms with Gasteiger partial charge in [0.15, 0.2) is 0 Å². The summed E-state index contributed by atoms with van der Waals surface area (Å²) in [7, 11) is 0. The minimum Gasteiger partial charge on any atom is -0.463 e. The average Bonchev–Trinajstić information content (AvgIpc) is 2.56. The van der Waals surface area contributed by atoms with Gasteiger partial charge in [0.2, 0.25) is 0 Å². The highest BCUT2D eigenvalue weighted by Crippen LogP contribution is 2.13. The third-order valence-electron chi connectivity index (χ3n) is 4.42. The average molecular weight is 342 g/mol. The molecule has 0 aliphatic carbocycles. The van der Waals surface area contributed by atoms with Crippen molar-refractivity contribution in [2.75, 3.05) is 6.61 Å². The third-order valence-corrected chi connectivity index (χ3v) is 4.42. The molecule has 24 heavy (non-hydrogen) atoms. The maximum absolute atomic E-state index is 11.3. The van der Waals surface area contributed by atoms with Gasteiger partial charge in [0.05, 0.1) is 6.10 Å². The van der Waals surface area contributed by atoms with E-state index < -0.39 is 6.10 Å². The van der Waals surface area contributed by atoms with Crippen LogP contribution >= 0.6 is 0 Å².